The summed E-state index contributed by atoms with van der Waals surface area (Å²) in [6.45, 7) is 10.2. The number of hydrogen-bond donors (Lipinski definition) is 1. The first-order valence-corrected chi connectivity index (χ1v) is 15.6. The zero-order valence-corrected chi connectivity index (χ0v) is 24.2. The van der Waals surface area contributed by atoms with Crippen LogP contribution in [0.2, 0.25) is 0 Å². The molecule has 2 heterocycles. The number of sulfonamides is 1. The van der Waals surface area contributed by atoms with E-state index in [9.17, 15) is 13.7 Å². The van der Waals surface area contributed by atoms with Gasteiger partial charge in [0, 0.05) is 18.9 Å². The van der Waals surface area contributed by atoms with Crippen LogP contribution in [0.15, 0.2) is 48.0 Å². The van der Waals surface area contributed by atoms with Crippen molar-refractivity contribution in [3.05, 3.63) is 64.1 Å². The number of allylic oxidation sites excluding steroid dienone is 5. The minimum atomic E-state index is -3.37. The number of nitrogens with zero attached hydrogens (tertiary/aromatic N) is 3. The Kier molecular flexibility index (Phi) is 9.08. The van der Waals surface area contributed by atoms with Gasteiger partial charge in [0.15, 0.2) is 0 Å². The van der Waals surface area contributed by atoms with Gasteiger partial charge in [0.2, 0.25) is 10.0 Å². The molecule has 1 aromatic carbocycles. The number of benzene rings is 1. The summed E-state index contributed by atoms with van der Waals surface area (Å²) in [5.41, 5.74) is 5.83. The zero-order chi connectivity index (χ0) is 27.3. The third-order valence-electron chi connectivity index (χ3n) is 6.84. The van der Waals surface area contributed by atoms with Gasteiger partial charge >= 0.3 is 0 Å². The average Bonchev–Trinajstić information content (AvgIpc) is 3.65. The Bertz CT molecular complexity index is 1410. The summed E-state index contributed by atoms with van der Waals surface area (Å²) in [7, 11) is -3.37. The molecule has 9 heteroatoms. The fourth-order valence-corrected chi connectivity index (χ4v) is 6.77. The Labute approximate surface area is 230 Å². The number of aromatic nitrogens is 1. The molecule has 1 aliphatic heterocycles. The molecular weight excluding hydrogens is 516 g/mol. The predicted octanol–water partition coefficient (Wildman–Crippen LogP) is 5.74. The van der Waals surface area contributed by atoms with Crippen molar-refractivity contribution < 1.29 is 13.2 Å². The first-order chi connectivity index (χ1) is 18.2. The third-order valence-corrected chi connectivity index (χ3v) is 9.20. The number of thiazole rings is 1. The Morgan fingerprint density at radius 2 is 1.97 bits per heavy atom. The highest BCUT2D eigenvalue weighted by Crippen LogP contribution is 2.40. The molecule has 7 nitrogen and oxygen atoms in total. The molecule has 2 aliphatic rings. The highest BCUT2D eigenvalue weighted by atomic mass is 32.2. The molecule has 0 amide bonds. The van der Waals surface area contributed by atoms with Gasteiger partial charge in [0.1, 0.15) is 16.8 Å². The van der Waals surface area contributed by atoms with E-state index in [4.69, 9.17) is 4.74 Å². The molecule has 0 unspecified atom stereocenters. The van der Waals surface area contributed by atoms with E-state index in [1.54, 1.807) is 17.5 Å². The molecule has 0 radical (unpaired) electrons. The second-order valence-electron chi connectivity index (χ2n) is 10.1. The molecule has 0 spiro atoms. The van der Waals surface area contributed by atoms with Gasteiger partial charge in [-0.1, -0.05) is 18.2 Å². The summed E-state index contributed by atoms with van der Waals surface area (Å²) >= 11 is 1.59. The maximum absolute atomic E-state index is 12.6. The average molecular weight is 553 g/mol. The number of likely N-dealkylation sites (tertiary alicyclic amines) is 1. The Morgan fingerprint density at radius 1 is 1.24 bits per heavy atom. The van der Waals surface area contributed by atoms with Gasteiger partial charge in [-0.05, 0) is 100 Å². The third kappa shape index (κ3) is 6.93. The lowest BCUT2D eigenvalue weighted by Gasteiger charge is -2.14. The fraction of sp³-hybridized carbons (Fsp3) is 0.448. The lowest BCUT2D eigenvalue weighted by Crippen LogP contribution is -2.31. The van der Waals surface area contributed by atoms with Crippen molar-refractivity contribution in [3.8, 4) is 16.5 Å². The van der Waals surface area contributed by atoms with E-state index in [2.05, 4.69) is 32.8 Å². The van der Waals surface area contributed by atoms with Crippen LogP contribution in [0.1, 0.15) is 63.1 Å². The number of rotatable bonds is 10. The molecule has 0 saturated carbocycles. The van der Waals surface area contributed by atoms with E-state index in [-0.39, 0.29) is 11.9 Å². The molecule has 1 saturated heterocycles. The van der Waals surface area contributed by atoms with Crippen LogP contribution >= 0.6 is 11.3 Å². The van der Waals surface area contributed by atoms with Gasteiger partial charge in [0.25, 0.3) is 0 Å². The van der Waals surface area contributed by atoms with Gasteiger partial charge in [-0.2, -0.15) is 5.26 Å². The van der Waals surface area contributed by atoms with Crippen molar-refractivity contribution >= 4 is 32.5 Å². The van der Waals surface area contributed by atoms with Gasteiger partial charge < -0.3 is 9.64 Å². The highest BCUT2D eigenvalue weighted by Gasteiger charge is 2.22. The minimum absolute atomic E-state index is 0.00266. The van der Waals surface area contributed by atoms with Crippen LogP contribution in [0.25, 0.3) is 21.6 Å². The lowest BCUT2D eigenvalue weighted by molar-refractivity contribution is 0.148. The number of nitrogens with one attached hydrogen (secondary N) is 1. The van der Waals surface area contributed by atoms with Crippen LogP contribution in [-0.4, -0.2) is 49.8 Å². The Balaban J connectivity index is 1.51. The SMILES string of the molecule is CC(OC(C)C)=C(C#N)/C=C(\C)c1ncc(-c2cccc3c2CC/C3=C/NS(=O)(=O)CCN2CCCC2)s1. The highest BCUT2D eigenvalue weighted by molar-refractivity contribution is 7.89. The van der Waals surface area contributed by atoms with Crippen molar-refractivity contribution in [1.82, 2.24) is 14.6 Å². The summed E-state index contributed by atoms with van der Waals surface area (Å²) in [5, 5.41) is 10.4. The second kappa shape index (κ2) is 12.3. The van der Waals surface area contributed by atoms with E-state index in [0.29, 0.717) is 17.9 Å². The molecule has 0 bridgehead atoms. The van der Waals surface area contributed by atoms with Crippen molar-refractivity contribution in [2.45, 2.75) is 59.5 Å². The van der Waals surface area contributed by atoms with E-state index >= 15 is 0 Å². The lowest BCUT2D eigenvalue weighted by atomic mass is 10.0. The van der Waals surface area contributed by atoms with Crippen LogP contribution in [0.3, 0.4) is 0 Å². The largest absolute Gasteiger partial charge is 0.494 e. The topological polar surface area (TPSA) is 95.3 Å². The minimum Gasteiger partial charge on any atom is -0.494 e. The monoisotopic (exact) mass is 552 g/mol. The van der Waals surface area contributed by atoms with E-state index < -0.39 is 10.0 Å². The number of hydrogen-bond acceptors (Lipinski definition) is 7. The van der Waals surface area contributed by atoms with Gasteiger partial charge in [-0.3, -0.25) is 4.72 Å². The van der Waals surface area contributed by atoms with Crippen molar-refractivity contribution in [3.63, 3.8) is 0 Å². The van der Waals surface area contributed by atoms with Crippen molar-refractivity contribution in [2.24, 2.45) is 0 Å². The standard InChI is InChI=1S/C29H36N4O3S2/c1-20(2)36-22(4)24(17-30)16-21(3)29-31-19-28(37-29)27-9-7-8-25-23(10-11-26(25)27)18-32-38(34,35)15-14-33-12-5-6-13-33/h7-9,16,18-20,32H,5-6,10-15H2,1-4H3/b21-16+,23-18-,24-22?. The van der Waals surface area contributed by atoms with Crippen molar-refractivity contribution in [1.29, 1.82) is 5.26 Å². The summed E-state index contributed by atoms with van der Waals surface area (Å²) in [5.74, 6) is 0.719. The van der Waals surface area contributed by atoms with E-state index in [0.717, 1.165) is 70.9 Å². The number of ether oxygens (including phenoxy) is 1. The quantitative estimate of drug-likeness (QED) is 0.230. The van der Waals surface area contributed by atoms with Crippen LogP contribution < -0.4 is 4.72 Å². The molecule has 4 rings (SSSR count). The predicted molar refractivity (Wildman–Crippen MR) is 155 cm³/mol. The number of nitriles is 1. The molecule has 202 valence electrons. The molecule has 1 N–H and O–H groups in total. The maximum atomic E-state index is 12.6. The van der Waals surface area contributed by atoms with Gasteiger partial charge in [-0.15, -0.1) is 11.3 Å². The van der Waals surface area contributed by atoms with Crippen LogP contribution in [-0.2, 0) is 21.2 Å². The fourth-order valence-electron chi connectivity index (χ4n) is 4.90. The molecule has 1 aromatic heterocycles. The summed E-state index contributed by atoms with van der Waals surface area (Å²) in [6.07, 6.45) is 9.32. The smallest absolute Gasteiger partial charge is 0.233 e. The Morgan fingerprint density at radius 3 is 2.68 bits per heavy atom. The van der Waals surface area contributed by atoms with Gasteiger partial charge in [-0.25, -0.2) is 13.4 Å². The Hall–Kier alpha value is -2.93. The molecule has 0 atom stereocenters. The van der Waals surface area contributed by atoms with Crippen molar-refractivity contribution in [2.75, 3.05) is 25.4 Å². The first-order valence-electron chi connectivity index (χ1n) is 13.1. The van der Waals surface area contributed by atoms with E-state index in [1.807, 2.05) is 46.0 Å². The van der Waals surface area contributed by atoms with E-state index in [1.165, 1.54) is 5.56 Å². The van der Waals surface area contributed by atoms with Gasteiger partial charge in [0.05, 0.1) is 22.3 Å². The zero-order valence-electron chi connectivity index (χ0n) is 22.6. The summed E-state index contributed by atoms with van der Waals surface area (Å²) in [4.78, 5) is 7.89. The molecule has 1 aliphatic carbocycles. The van der Waals surface area contributed by atoms with Crippen LogP contribution in [0, 0.1) is 11.3 Å². The first kappa shape index (κ1) is 28.1. The number of fused-ring (bicyclic) bond motifs is 1. The second-order valence-corrected chi connectivity index (χ2v) is 13.0. The molecular formula is C29H36N4O3S2. The summed E-state index contributed by atoms with van der Waals surface area (Å²) < 4.78 is 33.6. The normalized spacial score (nSPS) is 18.0. The summed E-state index contributed by atoms with van der Waals surface area (Å²) in [6, 6.07) is 8.40. The molecule has 1 fully saturated rings. The molecule has 38 heavy (non-hydrogen) atoms. The molecule has 2 aromatic rings. The van der Waals surface area contributed by atoms with Crippen LogP contribution in [0.5, 0.6) is 0 Å². The van der Waals surface area contributed by atoms with Crippen LogP contribution in [0.4, 0.5) is 0 Å². The maximum Gasteiger partial charge on any atom is 0.233 e.